The lowest BCUT2D eigenvalue weighted by Crippen LogP contribution is -2.27. The van der Waals surface area contributed by atoms with Crippen molar-refractivity contribution in [1.82, 2.24) is 4.72 Å². The lowest BCUT2D eigenvalue weighted by molar-refractivity contribution is 0.337. The van der Waals surface area contributed by atoms with E-state index in [4.69, 9.17) is 4.74 Å². The number of ether oxygens (including phenoxy) is 1. The molecule has 0 spiro atoms. The molecule has 0 saturated heterocycles. The third-order valence-corrected chi connectivity index (χ3v) is 5.98. The minimum absolute atomic E-state index is 0.252. The fraction of sp³-hybridized carbons (Fsp3) is 0.400. The Labute approximate surface area is 151 Å². The molecule has 2 rings (SSSR count). The van der Waals surface area contributed by atoms with Crippen molar-refractivity contribution in [1.29, 1.82) is 0 Å². The summed E-state index contributed by atoms with van der Waals surface area (Å²) >= 11 is 0. The number of benzene rings is 2. The first kappa shape index (κ1) is 19.5. The van der Waals surface area contributed by atoms with Gasteiger partial charge in [-0.25, -0.2) is 13.1 Å². The maximum absolute atomic E-state index is 12.7. The molecule has 0 radical (unpaired) electrons. The summed E-state index contributed by atoms with van der Waals surface area (Å²) < 4.78 is 33.8. The molecule has 0 amide bonds. The van der Waals surface area contributed by atoms with Crippen LogP contribution in [0.15, 0.2) is 35.2 Å². The summed E-state index contributed by atoms with van der Waals surface area (Å²) in [6, 6.07) is 8.78. The highest BCUT2D eigenvalue weighted by Gasteiger charge is 2.20. The Morgan fingerprint density at radius 2 is 1.60 bits per heavy atom. The first-order chi connectivity index (χ1) is 11.7. The highest BCUT2D eigenvalue weighted by atomic mass is 32.2. The molecule has 136 valence electrons. The van der Waals surface area contributed by atoms with E-state index < -0.39 is 10.0 Å². The summed E-state index contributed by atoms with van der Waals surface area (Å²) in [6.45, 7) is 12.3. The van der Waals surface area contributed by atoms with Crippen molar-refractivity contribution in [3.8, 4) is 5.75 Å². The normalized spacial score (nSPS) is 12.9. The van der Waals surface area contributed by atoms with Gasteiger partial charge in [0.2, 0.25) is 10.0 Å². The van der Waals surface area contributed by atoms with Gasteiger partial charge in [-0.3, -0.25) is 0 Å². The van der Waals surface area contributed by atoms with Gasteiger partial charge in [0.15, 0.2) is 0 Å². The zero-order chi connectivity index (χ0) is 18.8. The molecule has 0 aliphatic rings. The first-order valence-electron chi connectivity index (χ1n) is 8.49. The monoisotopic (exact) mass is 361 g/mol. The summed E-state index contributed by atoms with van der Waals surface area (Å²) in [6.07, 6.45) is 0. The maximum Gasteiger partial charge on any atom is 0.241 e. The number of hydrogen-bond acceptors (Lipinski definition) is 3. The van der Waals surface area contributed by atoms with Crippen LogP contribution in [0.25, 0.3) is 0 Å². The predicted octanol–water partition coefficient (Wildman–Crippen LogP) is 4.36. The van der Waals surface area contributed by atoms with Gasteiger partial charge >= 0.3 is 0 Å². The number of hydrogen-bond donors (Lipinski definition) is 1. The van der Waals surface area contributed by atoms with E-state index in [0.29, 0.717) is 12.4 Å². The molecule has 0 unspecified atom stereocenters. The van der Waals surface area contributed by atoms with Gasteiger partial charge in [0.1, 0.15) is 5.75 Å². The van der Waals surface area contributed by atoms with Crippen LogP contribution in [0.1, 0.15) is 47.7 Å². The molecular formula is C20H27NO3S. The number of aryl methyl sites for hydroxylation is 4. The predicted molar refractivity (Wildman–Crippen MR) is 102 cm³/mol. The second-order valence-electron chi connectivity index (χ2n) is 6.50. The van der Waals surface area contributed by atoms with E-state index in [2.05, 4.69) is 23.8 Å². The van der Waals surface area contributed by atoms with Crippen LogP contribution in [0.3, 0.4) is 0 Å². The molecule has 0 fully saturated rings. The summed E-state index contributed by atoms with van der Waals surface area (Å²) in [5.41, 5.74) is 5.25. The zero-order valence-corrected chi connectivity index (χ0v) is 16.6. The minimum atomic E-state index is -3.61. The average molecular weight is 362 g/mol. The van der Waals surface area contributed by atoms with E-state index in [9.17, 15) is 8.42 Å². The molecule has 0 heterocycles. The van der Waals surface area contributed by atoms with E-state index >= 15 is 0 Å². The highest BCUT2D eigenvalue weighted by molar-refractivity contribution is 7.89. The second kappa shape index (κ2) is 7.58. The first-order valence-corrected chi connectivity index (χ1v) is 9.97. The Kier molecular flexibility index (Phi) is 5.91. The van der Waals surface area contributed by atoms with E-state index in [1.54, 1.807) is 18.2 Å². The van der Waals surface area contributed by atoms with E-state index in [1.807, 2.05) is 34.6 Å². The van der Waals surface area contributed by atoms with Gasteiger partial charge < -0.3 is 4.74 Å². The van der Waals surface area contributed by atoms with Gasteiger partial charge in [0, 0.05) is 6.04 Å². The molecule has 1 atom stereocenters. The van der Waals surface area contributed by atoms with E-state index in [-0.39, 0.29) is 10.9 Å². The van der Waals surface area contributed by atoms with Gasteiger partial charge in [-0.15, -0.1) is 0 Å². The topological polar surface area (TPSA) is 55.4 Å². The Morgan fingerprint density at radius 3 is 2.20 bits per heavy atom. The lowest BCUT2D eigenvalue weighted by Gasteiger charge is -2.19. The standard InChI is InChI=1S/C20H27NO3S/c1-7-24-20-9-8-18(11-16(20)5)25(22,23)21-17(6)19-12-14(3)13(2)10-15(19)4/h8-12,17,21H,7H2,1-6H3/t17-/m0/s1. The van der Waals surface area contributed by atoms with Crippen LogP contribution in [0.5, 0.6) is 5.75 Å². The van der Waals surface area contributed by atoms with Crippen molar-refractivity contribution in [2.45, 2.75) is 52.5 Å². The third kappa shape index (κ3) is 4.41. The molecule has 2 aromatic carbocycles. The number of sulfonamides is 1. The summed E-state index contributed by atoms with van der Waals surface area (Å²) in [7, 11) is -3.61. The van der Waals surface area contributed by atoms with Gasteiger partial charge in [-0.05, 0) is 87.6 Å². The van der Waals surface area contributed by atoms with Crippen molar-refractivity contribution < 1.29 is 13.2 Å². The van der Waals surface area contributed by atoms with Crippen LogP contribution < -0.4 is 9.46 Å². The fourth-order valence-electron chi connectivity index (χ4n) is 2.92. The van der Waals surface area contributed by atoms with Crippen molar-refractivity contribution in [3.63, 3.8) is 0 Å². The summed E-state index contributed by atoms with van der Waals surface area (Å²) in [4.78, 5) is 0.252. The molecule has 5 heteroatoms. The molecule has 0 saturated carbocycles. The second-order valence-corrected chi connectivity index (χ2v) is 8.21. The fourth-order valence-corrected chi connectivity index (χ4v) is 4.23. The van der Waals surface area contributed by atoms with E-state index in [0.717, 1.165) is 22.3 Å². The molecule has 0 bridgehead atoms. The van der Waals surface area contributed by atoms with Gasteiger partial charge in [0.25, 0.3) is 0 Å². The Bertz CT molecular complexity index is 873. The maximum atomic E-state index is 12.7. The van der Waals surface area contributed by atoms with Crippen molar-refractivity contribution >= 4 is 10.0 Å². The van der Waals surface area contributed by atoms with Gasteiger partial charge in [-0.2, -0.15) is 0 Å². The van der Waals surface area contributed by atoms with Crippen LogP contribution >= 0.6 is 0 Å². The molecule has 4 nitrogen and oxygen atoms in total. The smallest absolute Gasteiger partial charge is 0.241 e. The highest BCUT2D eigenvalue weighted by Crippen LogP contribution is 2.25. The van der Waals surface area contributed by atoms with Crippen molar-refractivity contribution in [2.24, 2.45) is 0 Å². The quantitative estimate of drug-likeness (QED) is 0.832. The van der Waals surface area contributed by atoms with Crippen LogP contribution in [0.2, 0.25) is 0 Å². The minimum Gasteiger partial charge on any atom is -0.494 e. The van der Waals surface area contributed by atoms with E-state index in [1.165, 1.54) is 5.56 Å². The summed E-state index contributed by atoms with van der Waals surface area (Å²) in [5.74, 6) is 0.708. The molecule has 1 N–H and O–H groups in total. The van der Waals surface area contributed by atoms with Crippen LogP contribution in [0, 0.1) is 27.7 Å². The molecule has 25 heavy (non-hydrogen) atoms. The lowest BCUT2D eigenvalue weighted by atomic mass is 9.97. The van der Waals surface area contributed by atoms with Crippen LogP contribution in [-0.4, -0.2) is 15.0 Å². The van der Waals surface area contributed by atoms with Crippen LogP contribution in [-0.2, 0) is 10.0 Å². The Balaban J connectivity index is 2.29. The molecule has 0 aliphatic carbocycles. The van der Waals surface area contributed by atoms with Gasteiger partial charge in [-0.1, -0.05) is 12.1 Å². The largest absolute Gasteiger partial charge is 0.494 e. The number of rotatable bonds is 6. The molecule has 0 aromatic heterocycles. The molecule has 0 aliphatic heterocycles. The van der Waals surface area contributed by atoms with Gasteiger partial charge in [0.05, 0.1) is 11.5 Å². The zero-order valence-electron chi connectivity index (χ0n) is 15.8. The summed E-state index contributed by atoms with van der Waals surface area (Å²) in [5, 5.41) is 0. The Hall–Kier alpha value is -1.85. The molecular weight excluding hydrogens is 334 g/mol. The number of nitrogens with one attached hydrogen (secondary N) is 1. The average Bonchev–Trinajstić information content (AvgIpc) is 2.52. The van der Waals surface area contributed by atoms with Crippen molar-refractivity contribution in [2.75, 3.05) is 6.61 Å². The molecule has 2 aromatic rings. The SMILES string of the molecule is CCOc1ccc(S(=O)(=O)N[C@@H](C)c2cc(C)c(C)cc2C)cc1C. The third-order valence-electron chi connectivity index (χ3n) is 4.44. The Morgan fingerprint density at radius 1 is 0.960 bits per heavy atom. The van der Waals surface area contributed by atoms with Crippen LogP contribution in [0.4, 0.5) is 0 Å². The van der Waals surface area contributed by atoms with Crippen molar-refractivity contribution in [3.05, 3.63) is 58.1 Å².